The third kappa shape index (κ3) is 3.73. The molecule has 2 aromatic heterocycles. The highest BCUT2D eigenvalue weighted by Crippen LogP contribution is 2.75. The molecule has 0 unspecified atom stereocenters. The SMILES string of the molecule is CCOCC=NOCCCCN(C)C[C@H]1O[C@@H](n2cnc3c(N)ncnc32)[C@@]2(O)C(C)(C)[C@@]12O. The first-order valence-electron chi connectivity index (χ1n) is 11.6. The van der Waals surface area contributed by atoms with Gasteiger partial charge in [0.1, 0.15) is 35.8 Å². The molecular weight excluding hydrogens is 442 g/mol. The summed E-state index contributed by atoms with van der Waals surface area (Å²) in [5, 5.41) is 27.0. The molecule has 4 N–H and O–H groups in total. The Bertz CT molecular complexity index is 1030. The van der Waals surface area contributed by atoms with Crippen LogP contribution in [0.2, 0.25) is 0 Å². The zero-order valence-corrected chi connectivity index (χ0v) is 20.2. The van der Waals surface area contributed by atoms with E-state index in [0.29, 0.717) is 37.5 Å². The number of hydrogen-bond donors (Lipinski definition) is 3. The maximum Gasteiger partial charge on any atom is 0.169 e. The molecule has 1 aliphatic heterocycles. The topological polar surface area (TPSA) is 153 Å². The predicted octanol–water partition coefficient (Wildman–Crippen LogP) is 0.559. The summed E-state index contributed by atoms with van der Waals surface area (Å²) in [7, 11) is 1.97. The number of nitrogen functional groups attached to an aromatic ring is 1. The molecule has 4 atom stereocenters. The molecule has 1 saturated heterocycles. The summed E-state index contributed by atoms with van der Waals surface area (Å²) in [6.45, 7) is 8.48. The number of unbranched alkanes of at least 4 members (excludes halogenated alkanes) is 1. The van der Waals surface area contributed by atoms with Crippen molar-refractivity contribution in [2.24, 2.45) is 10.6 Å². The average Bonchev–Trinajstić information content (AvgIpc) is 3.15. The van der Waals surface area contributed by atoms with Crippen molar-refractivity contribution in [3.8, 4) is 0 Å². The average molecular weight is 478 g/mol. The molecule has 2 aromatic rings. The lowest BCUT2D eigenvalue weighted by Gasteiger charge is -2.30. The molecule has 34 heavy (non-hydrogen) atoms. The number of nitrogens with two attached hydrogens (primary N) is 1. The Balaban J connectivity index is 1.36. The molecule has 3 heterocycles. The Hall–Kier alpha value is -2.38. The zero-order valence-electron chi connectivity index (χ0n) is 20.2. The lowest BCUT2D eigenvalue weighted by Crippen LogP contribution is -2.42. The van der Waals surface area contributed by atoms with Gasteiger partial charge in [0.05, 0.1) is 19.1 Å². The highest BCUT2D eigenvalue weighted by molar-refractivity contribution is 5.81. The van der Waals surface area contributed by atoms with E-state index in [-0.39, 0.29) is 5.82 Å². The summed E-state index contributed by atoms with van der Waals surface area (Å²) in [5.74, 6) is 0.249. The van der Waals surface area contributed by atoms with Gasteiger partial charge in [-0.2, -0.15) is 0 Å². The van der Waals surface area contributed by atoms with Gasteiger partial charge in [-0.3, -0.25) is 4.57 Å². The number of imidazole rings is 1. The van der Waals surface area contributed by atoms with Crippen LogP contribution in [0.1, 0.15) is 39.8 Å². The number of aromatic nitrogens is 4. The van der Waals surface area contributed by atoms with Crippen LogP contribution in [0.25, 0.3) is 11.2 Å². The van der Waals surface area contributed by atoms with Crippen LogP contribution >= 0.6 is 0 Å². The van der Waals surface area contributed by atoms with E-state index >= 15 is 0 Å². The Morgan fingerprint density at radius 3 is 2.82 bits per heavy atom. The van der Waals surface area contributed by atoms with Crippen molar-refractivity contribution in [1.82, 2.24) is 24.4 Å². The number of oxime groups is 1. The summed E-state index contributed by atoms with van der Waals surface area (Å²) in [6.07, 6.45) is 4.75. The van der Waals surface area contributed by atoms with Gasteiger partial charge in [0, 0.05) is 18.6 Å². The molecule has 0 radical (unpaired) electrons. The molecule has 1 aliphatic carbocycles. The summed E-state index contributed by atoms with van der Waals surface area (Å²) in [6, 6.07) is 0. The number of hydrogen-bond acceptors (Lipinski definition) is 11. The molecule has 0 bridgehead atoms. The van der Waals surface area contributed by atoms with Gasteiger partial charge in [-0.1, -0.05) is 19.0 Å². The molecule has 12 nitrogen and oxygen atoms in total. The minimum atomic E-state index is -1.49. The predicted molar refractivity (Wildman–Crippen MR) is 125 cm³/mol. The highest BCUT2D eigenvalue weighted by atomic mass is 16.6. The van der Waals surface area contributed by atoms with Gasteiger partial charge in [0.2, 0.25) is 0 Å². The van der Waals surface area contributed by atoms with Crippen LogP contribution in [-0.4, -0.2) is 98.1 Å². The summed E-state index contributed by atoms with van der Waals surface area (Å²) in [4.78, 5) is 19.8. The fourth-order valence-electron chi connectivity index (χ4n) is 5.11. The first-order valence-corrected chi connectivity index (χ1v) is 11.6. The maximum atomic E-state index is 11.6. The lowest BCUT2D eigenvalue weighted by molar-refractivity contribution is -0.116. The van der Waals surface area contributed by atoms with Crippen LogP contribution in [-0.2, 0) is 14.3 Å². The van der Waals surface area contributed by atoms with Crippen molar-refractivity contribution in [2.45, 2.75) is 57.1 Å². The van der Waals surface area contributed by atoms with E-state index in [1.165, 1.54) is 12.7 Å². The molecule has 1 saturated carbocycles. The van der Waals surface area contributed by atoms with E-state index in [0.717, 1.165) is 19.4 Å². The van der Waals surface area contributed by atoms with Gasteiger partial charge in [-0.25, -0.2) is 15.0 Å². The summed E-state index contributed by atoms with van der Waals surface area (Å²) >= 11 is 0. The van der Waals surface area contributed by atoms with Crippen LogP contribution in [0.4, 0.5) is 5.82 Å². The van der Waals surface area contributed by atoms with E-state index in [9.17, 15) is 10.2 Å². The van der Waals surface area contributed by atoms with Crippen LogP contribution < -0.4 is 5.73 Å². The van der Waals surface area contributed by atoms with Crippen molar-refractivity contribution in [3.63, 3.8) is 0 Å². The number of anilines is 1. The fraction of sp³-hybridized carbons (Fsp3) is 0.727. The molecule has 4 rings (SSSR count). The molecule has 0 spiro atoms. The minimum absolute atomic E-state index is 0.249. The smallest absolute Gasteiger partial charge is 0.169 e. The molecule has 2 aliphatic rings. The number of likely N-dealkylation sites (N-methyl/N-ethyl adjacent to an activating group) is 1. The van der Waals surface area contributed by atoms with Crippen molar-refractivity contribution >= 4 is 23.2 Å². The lowest BCUT2D eigenvalue weighted by atomic mass is 10.0. The first kappa shape index (κ1) is 24.7. The van der Waals surface area contributed by atoms with Gasteiger partial charge in [0.15, 0.2) is 17.7 Å². The quantitative estimate of drug-likeness (QED) is 0.224. The van der Waals surface area contributed by atoms with Crippen molar-refractivity contribution < 1.29 is 24.5 Å². The Labute approximate surface area is 198 Å². The van der Waals surface area contributed by atoms with E-state index in [2.05, 4.69) is 25.0 Å². The molecule has 0 amide bonds. The number of rotatable bonds is 12. The summed E-state index contributed by atoms with van der Waals surface area (Å²) in [5.41, 5.74) is 3.11. The Morgan fingerprint density at radius 1 is 1.26 bits per heavy atom. The second kappa shape index (κ2) is 9.34. The number of aliphatic hydroxyl groups is 2. The first-order chi connectivity index (χ1) is 16.2. The molecular formula is C22H35N7O5. The van der Waals surface area contributed by atoms with E-state index in [4.69, 9.17) is 20.0 Å². The van der Waals surface area contributed by atoms with Gasteiger partial charge in [-0.05, 0) is 33.4 Å². The highest BCUT2D eigenvalue weighted by Gasteiger charge is 2.92. The Morgan fingerprint density at radius 2 is 2.06 bits per heavy atom. The molecule has 12 heteroatoms. The van der Waals surface area contributed by atoms with Gasteiger partial charge < -0.3 is 35.2 Å². The molecule has 0 aromatic carbocycles. The van der Waals surface area contributed by atoms with Crippen LogP contribution in [0.3, 0.4) is 0 Å². The van der Waals surface area contributed by atoms with E-state index in [1.807, 2.05) is 27.8 Å². The minimum Gasteiger partial charge on any atom is -0.396 e. The number of ether oxygens (including phenoxy) is 2. The largest absolute Gasteiger partial charge is 0.396 e. The Kier molecular flexibility index (Phi) is 6.80. The monoisotopic (exact) mass is 477 g/mol. The maximum absolute atomic E-state index is 11.6. The molecule has 188 valence electrons. The normalized spacial score (nSPS) is 29.9. The van der Waals surface area contributed by atoms with Gasteiger partial charge >= 0.3 is 0 Å². The standard InChI is InChI=1S/C22H35N7O5/c1-5-32-11-8-27-33-10-7-6-9-28(4)12-15-21(30)20(2,3)22(21,31)19(34-15)29-14-26-16-17(23)24-13-25-18(16)29/h8,13-15,19,30-31H,5-7,9-12H2,1-4H3,(H2,23,24,25)/t15-,19-,21+,22-/m1/s1. The summed E-state index contributed by atoms with van der Waals surface area (Å²) < 4.78 is 13.0. The van der Waals surface area contributed by atoms with Crippen molar-refractivity contribution in [2.75, 3.05) is 45.7 Å². The second-order valence-electron chi connectivity index (χ2n) is 9.47. The van der Waals surface area contributed by atoms with Crippen LogP contribution in [0, 0.1) is 5.41 Å². The zero-order chi connectivity index (χ0) is 24.6. The van der Waals surface area contributed by atoms with Gasteiger partial charge in [0.25, 0.3) is 0 Å². The van der Waals surface area contributed by atoms with Gasteiger partial charge in [-0.15, -0.1) is 0 Å². The van der Waals surface area contributed by atoms with Crippen molar-refractivity contribution in [3.05, 3.63) is 12.7 Å². The van der Waals surface area contributed by atoms with Crippen LogP contribution in [0.15, 0.2) is 17.8 Å². The fourth-order valence-corrected chi connectivity index (χ4v) is 5.11. The molecule has 2 fully saturated rings. The number of fused-ring (bicyclic) bond motifs is 2. The third-order valence-electron chi connectivity index (χ3n) is 7.23. The van der Waals surface area contributed by atoms with E-state index < -0.39 is 28.9 Å². The van der Waals surface area contributed by atoms with Crippen LogP contribution in [0.5, 0.6) is 0 Å². The van der Waals surface area contributed by atoms with Crippen molar-refractivity contribution in [1.29, 1.82) is 0 Å². The number of nitrogens with zero attached hydrogens (tertiary/aromatic N) is 6. The third-order valence-corrected chi connectivity index (χ3v) is 7.23. The van der Waals surface area contributed by atoms with E-state index in [1.54, 1.807) is 10.8 Å². The second-order valence-corrected chi connectivity index (χ2v) is 9.47.